The number of fused-ring (bicyclic) bond motifs is 1. The Kier molecular flexibility index (Phi) is 9.33. The quantitative estimate of drug-likeness (QED) is 0.125. The second-order valence-corrected chi connectivity index (χ2v) is 10.2. The Balaban J connectivity index is 1.50. The highest BCUT2D eigenvalue weighted by molar-refractivity contribution is 9.10. The molecule has 2 amide bonds. The van der Waals surface area contributed by atoms with Gasteiger partial charge in [0.25, 0.3) is 5.91 Å². The van der Waals surface area contributed by atoms with Crippen LogP contribution < -0.4 is 20.2 Å². The number of halogens is 1. The highest BCUT2D eigenvalue weighted by Crippen LogP contribution is 2.28. The van der Waals surface area contributed by atoms with Gasteiger partial charge in [-0.05, 0) is 64.7 Å². The number of nitrogens with one attached hydrogen (secondary N) is 2. The molecule has 0 aromatic heterocycles. The summed E-state index contributed by atoms with van der Waals surface area (Å²) in [6, 6.07) is 26.6. The monoisotopic (exact) mass is 587 g/mol. The predicted molar refractivity (Wildman–Crippen MR) is 158 cm³/mol. The van der Waals surface area contributed by atoms with Crippen LogP contribution in [0.4, 0.5) is 5.69 Å². The van der Waals surface area contributed by atoms with Crippen molar-refractivity contribution in [3.63, 3.8) is 0 Å². The van der Waals surface area contributed by atoms with Crippen LogP contribution in [-0.4, -0.2) is 25.1 Å². The van der Waals surface area contributed by atoms with E-state index in [-0.39, 0.29) is 5.92 Å². The van der Waals surface area contributed by atoms with Crippen molar-refractivity contribution in [2.75, 3.05) is 12.4 Å². The fourth-order valence-corrected chi connectivity index (χ4v) is 4.39. The number of rotatable bonds is 10. The Bertz CT molecular complexity index is 1470. The molecule has 39 heavy (non-hydrogen) atoms. The normalized spacial score (nSPS) is 11.9. The first-order chi connectivity index (χ1) is 18.9. The van der Waals surface area contributed by atoms with Gasteiger partial charge in [-0.25, -0.2) is 5.43 Å². The van der Waals surface area contributed by atoms with Gasteiger partial charge in [-0.1, -0.05) is 72.2 Å². The van der Waals surface area contributed by atoms with Gasteiger partial charge in [-0.15, -0.1) is 0 Å². The maximum atomic E-state index is 13.1. The van der Waals surface area contributed by atoms with Gasteiger partial charge in [-0.3, -0.25) is 9.59 Å². The van der Waals surface area contributed by atoms with E-state index < -0.39 is 17.7 Å². The number of amides is 2. The van der Waals surface area contributed by atoms with Crippen molar-refractivity contribution in [1.29, 1.82) is 0 Å². The summed E-state index contributed by atoms with van der Waals surface area (Å²) in [6.45, 7) is 4.01. The van der Waals surface area contributed by atoms with Crippen LogP contribution in [0.25, 0.3) is 10.8 Å². The highest BCUT2D eigenvalue weighted by atomic mass is 79.9. The van der Waals surface area contributed by atoms with E-state index in [1.54, 1.807) is 37.6 Å². The Morgan fingerprint density at radius 2 is 1.64 bits per heavy atom. The molecule has 4 aromatic rings. The maximum Gasteiger partial charge on any atom is 0.252 e. The molecule has 8 heteroatoms. The lowest BCUT2D eigenvalue weighted by Gasteiger charge is -2.18. The van der Waals surface area contributed by atoms with Gasteiger partial charge in [-0.2, -0.15) is 5.10 Å². The zero-order chi connectivity index (χ0) is 27.8. The molecule has 0 saturated heterocycles. The summed E-state index contributed by atoms with van der Waals surface area (Å²) < 4.78 is 12.3. The van der Waals surface area contributed by atoms with Crippen molar-refractivity contribution in [2.45, 2.75) is 20.5 Å². The van der Waals surface area contributed by atoms with Crippen LogP contribution in [-0.2, 0) is 16.2 Å². The predicted octanol–water partition coefficient (Wildman–Crippen LogP) is 6.55. The lowest BCUT2D eigenvalue weighted by Crippen LogP contribution is -2.39. The molecule has 0 spiro atoms. The summed E-state index contributed by atoms with van der Waals surface area (Å²) >= 11 is 3.45. The van der Waals surface area contributed by atoms with Gasteiger partial charge in [0.05, 0.1) is 13.3 Å². The third kappa shape index (κ3) is 7.23. The Morgan fingerprint density at radius 1 is 0.923 bits per heavy atom. The van der Waals surface area contributed by atoms with Crippen molar-refractivity contribution in [1.82, 2.24) is 5.43 Å². The number of carbonyl (C=O) groups excluding carboxylic acids is 2. The van der Waals surface area contributed by atoms with Crippen LogP contribution in [0, 0.1) is 11.8 Å². The van der Waals surface area contributed by atoms with Crippen molar-refractivity contribution in [2.24, 2.45) is 16.9 Å². The summed E-state index contributed by atoms with van der Waals surface area (Å²) in [5, 5.41) is 8.98. The van der Waals surface area contributed by atoms with Crippen molar-refractivity contribution >= 4 is 50.4 Å². The Morgan fingerprint density at radius 3 is 2.33 bits per heavy atom. The topological polar surface area (TPSA) is 89.0 Å². The molecule has 4 aromatic carbocycles. The zero-order valence-corrected chi connectivity index (χ0v) is 23.6. The van der Waals surface area contributed by atoms with E-state index in [9.17, 15) is 9.59 Å². The van der Waals surface area contributed by atoms with Crippen LogP contribution in [0.3, 0.4) is 0 Å². The fraction of sp³-hybridized carbons (Fsp3) is 0.194. The molecule has 0 fully saturated rings. The highest BCUT2D eigenvalue weighted by Gasteiger charge is 2.30. The average Bonchev–Trinajstić information content (AvgIpc) is 2.93. The number of hydrazone groups is 1. The molecule has 0 saturated carbocycles. The lowest BCUT2D eigenvalue weighted by molar-refractivity contribution is -0.134. The van der Waals surface area contributed by atoms with Crippen LogP contribution in [0.15, 0.2) is 94.5 Å². The number of carbonyl (C=O) groups is 2. The summed E-state index contributed by atoms with van der Waals surface area (Å²) in [5.74, 6) is -0.788. The summed E-state index contributed by atoms with van der Waals surface area (Å²) in [4.78, 5) is 26.0. The molecule has 0 radical (unpaired) electrons. The average molecular weight is 589 g/mol. The molecule has 0 aliphatic rings. The fourth-order valence-electron chi connectivity index (χ4n) is 4.13. The number of anilines is 1. The molecule has 2 N–H and O–H groups in total. The molecule has 0 aliphatic heterocycles. The van der Waals surface area contributed by atoms with E-state index in [0.29, 0.717) is 23.8 Å². The van der Waals surface area contributed by atoms with Gasteiger partial charge in [0.1, 0.15) is 24.0 Å². The first-order valence-electron chi connectivity index (χ1n) is 12.5. The minimum absolute atomic E-state index is 0.249. The molecule has 1 atom stereocenters. The van der Waals surface area contributed by atoms with Gasteiger partial charge in [0.2, 0.25) is 5.91 Å². The SMILES string of the molecule is COc1ccc(NC(=O)C(C(=O)NN=Cc2c(OCc3ccc(Br)cc3)ccc3ccccc23)C(C)C)cc1. The lowest BCUT2D eigenvalue weighted by atomic mass is 9.94. The van der Waals surface area contributed by atoms with E-state index in [1.807, 2.05) is 74.5 Å². The summed E-state index contributed by atoms with van der Waals surface area (Å²) in [6.07, 6.45) is 1.57. The van der Waals surface area contributed by atoms with Gasteiger partial charge in [0.15, 0.2) is 0 Å². The number of methoxy groups -OCH3 is 1. The molecule has 200 valence electrons. The van der Waals surface area contributed by atoms with Crippen molar-refractivity contribution in [3.05, 3.63) is 101 Å². The van der Waals surface area contributed by atoms with E-state index >= 15 is 0 Å². The molecule has 7 nitrogen and oxygen atoms in total. The van der Waals surface area contributed by atoms with E-state index in [2.05, 4.69) is 31.8 Å². The van der Waals surface area contributed by atoms with Crippen LogP contribution >= 0.6 is 15.9 Å². The first-order valence-corrected chi connectivity index (χ1v) is 13.3. The molecule has 4 rings (SSSR count). The second-order valence-electron chi connectivity index (χ2n) is 9.29. The molecular weight excluding hydrogens is 558 g/mol. The van der Waals surface area contributed by atoms with Crippen molar-refractivity contribution in [3.8, 4) is 11.5 Å². The third-order valence-corrected chi connectivity index (χ3v) is 6.72. The first kappa shape index (κ1) is 27.9. The number of benzene rings is 4. The van der Waals surface area contributed by atoms with Gasteiger partial charge >= 0.3 is 0 Å². The Hall–Kier alpha value is -4.17. The maximum absolute atomic E-state index is 13.1. The van der Waals surface area contributed by atoms with Crippen LogP contribution in [0.1, 0.15) is 25.0 Å². The molecule has 0 aliphatic carbocycles. The minimum Gasteiger partial charge on any atom is -0.497 e. The molecule has 0 heterocycles. The number of hydrogen-bond donors (Lipinski definition) is 2. The number of nitrogens with zero attached hydrogens (tertiary/aromatic N) is 1. The number of ether oxygens (including phenoxy) is 2. The summed E-state index contributed by atoms with van der Waals surface area (Å²) in [5.41, 5.74) is 4.88. The van der Waals surface area contributed by atoms with Crippen LogP contribution in [0.5, 0.6) is 11.5 Å². The second kappa shape index (κ2) is 13.1. The largest absolute Gasteiger partial charge is 0.497 e. The van der Waals surface area contributed by atoms with Gasteiger partial charge in [0, 0.05) is 15.7 Å². The van der Waals surface area contributed by atoms with Crippen molar-refractivity contribution < 1.29 is 19.1 Å². The Labute approximate surface area is 236 Å². The molecular formula is C31H30BrN3O4. The molecule has 0 bridgehead atoms. The van der Waals surface area contributed by atoms with E-state index in [1.165, 1.54) is 0 Å². The zero-order valence-electron chi connectivity index (χ0n) is 22.0. The minimum atomic E-state index is -0.940. The third-order valence-electron chi connectivity index (χ3n) is 6.20. The molecule has 1 unspecified atom stereocenters. The standard InChI is InChI=1S/C31H30BrN3O4/c1-20(2)29(30(36)34-24-13-15-25(38-3)16-14-24)31(37)35-33-18-27-26-7-5-4-6-22(26)10-17-28(27)39-19-21-8-11-23(32)12-9-21/h4-18,20,29H,19H2,1-3H3,(H,34,36)(H,35,37). The number of hydrogen-bond acceptors (Lipinski definition) is 5. The smallest absolute Gasteiger partial charge is 0.252 e. The van der Waals surface area contributed by atoms with Gasteiger partial charge < -0.3 is 14.8 Å². The van der Waals surface area contributed by atoms with E-state index in [0.717, 1.165) is 26.4 Å². The van der Waals surface area contributed by atoms with Crippen LogP contribution in [0.2, 0.25) is 0 Å². The van der Waals surface area contributed by atoms with E-state index in [4.69, 9.17) is 9.47 Å². The summed E-state index contributed by atoms with van der Waals surface area (Å²) in [7, 11) is 1.57.